The van der Waals surface area contributed by atoms with Gasteiger partial charge in [0.15, 0.2) is 0 Å². The summed E-state index contributed by atoms with van der Waals surface area (Å²) < 4.78 is 0. The molecule has 158 valence electrons. The van der Waals surface area contributed by atoms with E-state index in [4.69, 9.17) is 0 Å². The Hall–Kier alpha value is -2.91. The number of rotatable bonds is 4. The first-order chi connectivity index (χ1) is 15.2. The average Bonchev–Trinajstić information content (AvgIpc) is 3.23. The normalized spacial score (nSPS) is 21.1. The highest BCUT2D eigenvalue weighted by Crippen LogP contribution is 2.35. The Morgan fingerprint density at radius 3 is 2.35 bits per heavy atom. The molecule has 2 unspecified atom stereocenters. The van der Waals surface area contributed by atoms with Gasteiger partial charge in [0, 0.05) is 44.2 Å². The summed E-state index contributed by atoms with van der Waals surface area (Å²) in [7, 11) is 0. The number of hydrogen-bond acceptors (Lipinski definition) is 2. The molecular formula is C28H30N2O. The van der Waals surface area contributed by atoms with E-state index in [-0.39, 0.29) is 5.91 Å². The molecule has 0 bridgehead atoms. The van der Waals surface area contributed by atoms with E-state index in [9.17, 15) is 4.79 Å². The van der Waals surface area contributed by atoms with Crippen LogP contribution in [0.25, 0.3) is 0 Å². The van der Waals surface area contributed by atoms with Gasteiger partial charge in [0.1, 0.15) is 0 Å². The van der Waals surface area contributed by atoms with E-state index in [1.165, 1.54) is 22.3 Å². The van der Waals surface area contributed by atoms with Gasteiger partial charge in [0.25, 0.3) is 5.91 Å². The van der Waals surface area contributed by atoms with E-state index in [1.54, 1.807) is 0 Å². The topological polar surface area (TPSA) is 23.6 Å². The van der Waals surface area contributed by atoms with Gasteiger partial charge in [-0.05, 0) is 48.1 Å². The zero-order valence-electron chi connectivity index (χ0n) is 18.2. The van der Waals surface area contributed by atoms with Gasteiger partial charge in [-0.2, -0.15) is 0 Å². The number of likely N-dealkylation sites (tertiary alicyclic amines) is 1. The van der Waals surface area contributed by atoms with Gasteiger partial charge in [0.05, 0.1) is 0 Å². The molecule has 0 N–H and O–H groups in total. The van der Waals surface area contributed by atoms with Gasteiger partial charge in [-0.3, -0.25) is 9.69 Å². The molecule has 3 aromatic rings. The minimum Gasteiger partial charge on any atom is -0.338 e. The number of amides is 1. The van der Waals surface area contributed by atoms with Crippen molar-refractivity contribution in [3.05, 3.63) is 107 Å². The maximum Gasteiger partial charge on any atom is 0.253 e. The molecule has 3 aromatic carbocycles. The third kappa shape index (κ3) is 4.28. The van der Waals surface area contributed by atoms with Crippen LogP contribution in [-0.2, 0) is 13.0 Å². The van der Waals surface area contributed by atoms with Crippen LogP contribution in [0.2, 0.25) is 0 Å². The van der Waals surface area contributed by atoms with Crippen molar-refractivity contribution in [2.24, 2.45) is 5.92 Å². The summed E-state index contributed by atoms with van der Waals surface area (Å²) in [5, 5.41) is 0. The number of carbonyl (C=O) groups excluding carboxylic acids is 1. The molecule has 1 saturated heterocycles. The molecule has 3 nitrogen and oxygen atoms in total. The fourth-order valence-electron chi connectivity index (χ4n) is 5.22. The van der Waals surface area contributed by atoms with Crippen molar-refractivity contribution in [3.8, 4) is 0 Å². The predicted octanol–water partition coefficient (Wildman–Crippen LogP) is 4.91. The van der Waals surface area contributed by atoms with E-state index in [0.29, 0.717) is 11.8 Å². The molecule has 0 aromatic heterocycles. The van der Waals surface area contributed by atoms with Crippen molar-refractivity contribution in [2.75, 3.05) is 26.2 Å². The van der Waals surface area contributed by atoms with Crippen molar-refractivity contribution >= 4 is 5.91 Å². The number of fused-ring (bicyclic) bond motifs is 1. The molecule has 0 aliphatic carbocycles. The molecule has 31 heavy (non-hydrogen) atoms. The quantitative estimate of drug-likeness (QED) is 0.610. The third-order valence-electron chi connectivity index (χ3n) is 6.96. The van der Waals surface area contributed by atoms with E-state index in [1.807, 2.05) is 30.3 Å². The molecule has 1 amide bonds. The van der Waals surface area contributed by atoms with Crippen molar-refractivity contribution in [2.45, 2.75) is 25.8 Å². The lowest BCUT2D eigenvalue weighted by Crippen LogP contribution is -2.37. The molecular weight excluding hydrogens is 380 g/mol. The number of benzene rings is 3. The predicted molar refractivity (Wildman–Crippen MR) is 125 cm³/mol. The summed E-state index contributed by atoms with van der Waals surface area (Å²) in [6.07, 6.45) is 1.12. The minimum absolute atomic E-state index is 0.157. The molecule has 0 saturated carbocycles. The second kappa shape index (κ2) is 8.68. The van der Waals surface area contributed by atoms with Crippen LogP contribution >= 0.6 is 0 Å². The summed E-state index contributed by atoms with van der Waals surface area (Å²) in [6, 6.07) is 27.5. The number of nitrogens with zero attached hydrogens (tertiary/aromatic N) is 2. The lowest BCUT2D eigenvalue weighted by Gasteiger charge is -2.32. The molecule has 2 heterocycles. The Kier molecular flexibility index (Phi) is 5.61. The van der Waals surface area contributed by atoms with Gasteiger partial charge >= 0.3 is 0 Å². The number of hydrogen-bond donors (Lipinski definition) is 0. The van der Waals surface area contributed by atoms with Crippen molar-refractivity contribution in [1.82, 2.24) is 9.80 Å². The fourth-order valence-corrected chi connectivity index (χ4v) is 5.22. The van der Waals surface area contributed by atoms with Crippen molar-refractivity contribution in [1.29, 1.82) is 0 Å². The van der Waals surface area contributed by atoms with Gasteiger partial charge < -0.3 is 4.90 Å². The summed E-state index contributed by atoms with van der Waals surface area (Å²) in [4.78, 5) is 17.9. The lowest BCUT2D eigenvalue weighted by atomic mass is 9.87. The Labute approximate surface area is 185 Å². The van der Waals surface area contributed by atoms with Gasteiger partial charge in [-0.1, -0.05) is 72.3 Å². The maximum absolute atomic E-state index is 13.2. The summed E-state index contributed by atoms with van der Waals surface area (Å²) in [5.74, 6) is 0.982. The smallest absolute Gasteiger partial charge is 0.253 e. The summed E-state index contributed by atoms with van der Waals surface area (Å²) in [6.45, 7) is 6.90. The molecule has 0 radical (unpaired) electrons. The zero-order chi connectivity index (χ0) is 21.2. The van der Waals surface area contributed by atoms with Crippen molar-refractivity contribution < 1.29 is 4.79 Å². The second-order valence-electron chi connectivity index (χ2n) is 9.11. The molecule has 2 atom stereocenters. The number of aryl methyl sites for hydroxylation is 1. The molecule has 0 spiro atoms. The summed E-state index contributed by atoms with van der Waals surface area (Å²) in [5.41, 5.74) is 6.37. The highest BCUT2D eigenvalue weighted by Gasteiger charge is 2.37. The van der Waals surface area contributed by atoms with Crippen LogP contribution in [-0.4, -0.2) is 41.9 Å². The Morgan fingerprint density at radius 2 is 1.58 bits per heavy atom. The first kappa shape index (κ1) is 20.0. The highest BCUT2D eigenvalue weighted by molar-refractivity contribution is 5.94. The third-order valence-corrected chi connectivity index (χ3v) is 6.96. The van der Waals surface area contributed by atoms with Crippen LogP contribution < -0.4 is 0 Å². The number of carbonyl (C=O) groups is 1. The van der Waals surface area contributed by atoms with Crippen LogP contribution in [0.5, 0.6) is 0 Å². The van der Waals surface area contributed by atoms with Gasteiger partial charge in [0.2, 0.25) is 0 Å². The molecule has 2 aliphatic rings. The van der Waals surface area contributed by atoms with Gasteiger partial charge in [-0.25, -0.2) is 0 Å². The molecule has 5 rings (SSSR count). The molecule has 1 fully saturated rings. The summed E-state index contributed by atoms with van der Waals surface area (Å²) >= 11 is 0. The highest BCUT2D eigenvalue weighted by atomic mass is 16.2. The SMILES string of the molecule is Cc1ccc(C2CN(C(=O)c3ccccc3)CC2CN2CCc3ccccc3C2)cc1. The van der Waals surface area contributed by atoms with E-state index >= 15 is 0 Å². The van der Waals surface area contributed by atoms with Crippen LogP contribution in [0.3, 0.4) is 0 Å². The Balaban J connectivity index is 1.36. The van der Waals surface area contributed by atoms with Crippen LogP contribution in [0.4, 0.5) is 0 Å². The Bertz CT molecular complexity index is 1040. The van der Waals surface area contributed by atoms with E-state index in [2.05, 4.69) is 65.3 Å². The van der Waals surface area contributed by atoms with Crippen LogP contribution in [0.15, 0.2) is 78.9 Å². The first-order valence-corrected chi connectivity index (χ1v) is 11.4. The van der Waals surface area contributed by atoms with E-state index < -0.39 is 0 Å². The fraction of sp³-hybridized carbons (Fsp3) is 0.321. The molecule has 3 heteroatoms. The average molecular weight is 411 g/mol. The van der Waals surface area contributed by atoms with Crippen LogP contribution in [0.1, 0.15) is 38.5 Å². The van der Waals surface area contributed by atoms with Crippen molar-refractivity contribution in [3.63, 3.8) is 0 Å². The first-order valence-electron chi connectivity index (χ1n) is 11.4. The standard InChI is InChI=1S/C28H30N2O/c1-21-11-13-23(14-12-21)27-20-30(28(31)24-8-3-2-4-9-24)19-26(27)18-29-16-15-22-7-5-6-10-25(22)17-29/h2-14,26-27H,15-20H2,1H3. The van der Waals surface area contributed by atoms with Gasteiger partial charge in [-0.15, -0.1) is 0 Å². The second-order valence-corrected chi connectivity index (χ2v) is 9.11. The maximum atomic E-state index is 13.2. The molecule has 2 aliphatic heterocycles. The monoisotopic (exact) mass is 410 g/mol. The Morgan fingerprint density at radius 1 is 0.871 bits per heavy atom. The minimum atomic E-state index is 0.157. The largest absolute Gasteiger partial charge is 0.338 e. The van der Waals surface area contributed by atoms with Crippen LogP contribution in [0, 0.1) is 12.8 Å². The lowest BCUT2D eigenvalue weighted by molar-refractivity contribution is 0.0782. The van der Waals surface area contributed by atoms with E-state index in [0.717, 1.165) is 44.7 Å². The zero-order valence-corrected chi connectivity index (χ0v) is 18.2.